The standard InChI is InChI=1S/C17H20N6/c1-23-10-12-8-11(2-5-16(12)22-23)15-6-7-19-17(21-15)20-14-4-3-13(18)9-14/h2,5-8,10,13-14H,3-4,9,18H2,1H3,(H,19,20,21)/t13-,14-/m0/s1. The minimum atomic E-state index is 0.295. The molecule has 6 heteroatoms. The summed E-state index contributed by atoms with van der Waals surface area (Å²) in [7, 11) is 1.93. The van der Waals surface area contributed by atoms with Crippen molar-refractivity contribution in [3.05, 3.63) is 36.7 Å². The zero-order valence-corrected chi connectivity index (χ0v) is 13.1. The van der Waals surface area contributed by atoms with Gasteiger partial charge in [0, 0.05) is 42.5 Å². The molecule has 0 spiro atoms. The molecule has 1 fully saturated rings. The largest absolute Gasteiger partial charge is 0.351 e. The van der Waals surface area contributed by atoms with Crippen LogP contribution in [0.1, 0.15) is 19.3 Å². The van der Waals surface area contributed by atoms with Crippen LogP contribution in [0.25, 0.3) is 22.2 Å². The number of nitrogens with zero attached hydrogens (tertiary/aromatic N) is 4. The summed E-state index contributed by atoms with van der Waals surface area (Å²) in [6.07, 6.45) is 6.94. The van der Waals surface area contributed by atoms with Crippen LogP contribution in [0, 0.1) is 0 Å². The highest BCUT2D eigenvalue weighted by atomic mass is 15.2. The number of rotatable bonds is 3. The van der Waals surface area contributed by atoms with Gasteiger partial charge in [-0.25, -0.2) is 9.97 Å². The third kappa shape index (κ3) is 2.90. The molecule has 0 amide bonds. The fourth-order valence-corrected chi connectivity index (χ4v) is 3.23. The zero-order valence-electron chi connectivity index (χ0n) is 13.1. The lowest BCUT2D eigenvalue weighted by molar-refractivity contribution is 0.685. The molecule has 1 aliphatic rings. The number of nitrogens with one attached hydrogen (secondary N) is 1. The maximum atomic E-state index is 5.97. The molecule has 1 saturated carbocycles. The van der Waals surface area contributed by atoms with E-state index in [1.165, 1.54) is 0 Å². The fourth-order valence-electron chi connectivity index (χ4n) is 3.23. The van der Waals surface area contributed by atoms with E-state index in [1.54, 1.807) is 6.20 Å². The van der Waals surface area contributed by atoms with E-state index >= 15 is 0 Å². The van der Waals surface area contributed by atoms with Crippen LogP contribution in [-0.2, 0) is 7.05 Å². The van der Waals surface area contributed by atoms with Crippen molar-refractivity contribution in [1.82, 2.24) is 19.7 Å². The van der Waals surface area contributed by atoms with Crippen LogP contribution in [0.4, 0.5) is 5.95 Å². The summed E-state index contributed by atoms with van der Waals surface area (Å²) < 4.78 is 1.82. The molecule has 1 aromatic carbocycles. The van der Waals surface area contributed by atoms with Gasteiger partial charge in [0.05, 0.1) is 11.2 Å². The molecule has 4 rings (SSSR count). The first kappa shape index (κ1) is 14.1. The highest BCUT2D eigenvalue weighted by molar-refractivity contribution is 5.83. The van der Waals surface area contributed by atoms with E-state index in [1.807, 2.05) is 36.1 Å². The first-order chi connectivity index (χ1) is 11.2. The average molecular weight is 308 g/mol. The Kier molecular flexibility index (Phi) is 3.46. The van der Waals surface area contributed by atoms with Gasteiger partial charge in [-0.2, -0.15) is 5.10 Å². The highest BCUT2D eigenvalue weighted by Gasteiger charge is 2.22. The summed E-state index contributed by atoms with van der Waals surface area (Å²) in [6.45, 7) is 0. The van der Waals surface area contributed by atoms with E-state index in [-0.39, 0.29) is 0 Å². The molecule has 0 bridgehead atoms. The summed E-state index contributed by atoms with van der Waals surface area (Å²) in [5, 5.41) is 8.92. The van der Waals surface area contributed by atoms with Gasteiger partial charge in [-0.05, 0) is 37.5 Å². The maximum absolute atomic E-state index is 5.97. The number of aromatic nitrogens is 4. The van der Waals surface area contributed by atoms with E-state index in [4.69, 9.17) is 5.73 Å². The van der Waals surface area contributed by atoms with Gasteiger partial charge in [-0.3, -0.25) is 4.68 Å². The van der Waals surface area contributed by atoms with Crippen LogP contribution in [-0.4, -0.2) is 31.8 Å². The number of aryl methyl sites for hydroxylation is 1. The maximum Gasteiger partial charge on any atom is 0.223 e. The molecule has 2 heterocycles. The van der Waals surface area contributed by atoms with Crippen molar-refractivity contribution >= 4 is 16.9 Å². The SMILES string of the molecule is Cn1cc2cc(-c3ccnc(N[C@H]4CC[C@H](N)C4)n3)ccc2n1. The summed E-state index contributed by atoms with van der Waals surface area (Å²) in [5.41, 5.74) is 8.94. The van der Waals surface area contributed by atoms with Gasteiger partial charge in [0.2, 0.25) is 5.95 Å². The molecule has 23 heavy (non-hydrogen) atoms. The summed E-state index contributed by atoms with van der Waals surface area (Å²) in [6, 6.07) is 8.79. The minimum absolute atomic E-state index is 0.295. The van der Waals surface area contributed by atoms with Crippen molar-refractivity contribution in [2.45, 2.75) is 31.3 Å². The predicted octanol–water partition coefficient (Wildman–Crippen LogP) is 2.32. The second kappa shape index (κ2) is 5.62. The molecule has 0 saturated heterocycles. The van der Waals surface area contributed by atoms with Crippen molar-refractivity contribution in [1.29, 1.82) is 0 Å². The normalized spacial score (nSPS) is 21.0. The average Bonchev–Trinajstić information content (AvgIpc) is 3.11. The number of benzene rings is 1. The second-order valence-electron chi connectivity index (χ2n) is 6.26. The molecule has 0 unspecified atom stereocenters. The molecule has 6 nitrogen and oxygen atoms in total. The molecule has 118 valence electrons. The summed E-state index contributed by atoms with van der Waals surface area (Å²) in [5.74, 6) is 0.674. The Morgan fingerprint density at radius 1 is 1.26 bits per heavy atom. The Morgan fingerprint density at radius 2 is 2.17 bits per heavy atom. The lowest BCUT2D eigenvalue weighted by atomic mass is 10.1. The van der Waals surface area contributed by atoms with Crippen LogP contribution in [0.5, 0.6) is 0 Å². The molecule has 2 aromatic heterocycles. The smallest absolute Gasteiger partial charge is 0.223 e. The monoisotopic (exact) mass is 308 g/mol. The number of hydrogen-bond acceptors (Lipinski definition) is 5. The van der Waals surface area contributed by atoms with E-state index in [0.717, 1.165) is 41.4 Å². The van der Waals surface area contributed by atoms with Crippen molar-refractivity contribution in [2.75, 3.05) is 5.32 Å². The first-order valence-electron chi connectivity index (χ1n) is 7.96. The molecule has 1 aliphatic carbocycles. The van der Waals surface area contributed by atoms with Crippen molar-refractivity contribution in [3.8, 4) is 11.3 Å². The Bertz CT molecular complexity index is 840. The van der Waals surface area contributed by atoms with E-state index in [9.17, 15) is 0 Å². The number of hydrogen-bond donors (Lipinski definition) is 2. The van der Waals surface area contributed by atoms with Gasteiger partial charge in [-0.1, -0.05) is 6.07 Å². The Hall–Kier alpha value is -2.47. The summed E-state index contributed by atoms with van der Waals surface area (Å²) in [4.78, 5) is 9.00. The zero-order chi connectivity index (χ0) is 15.8. The second-order valence-corrected chi connectivity index (χ2v) is 6.26. The van der Waals surface area contributed by atoms with Crippen LogP contribution < -0.4 is 11.1 Å². The van der Waals surface area contributed by atoms with Crippen LogP contribution in [0.2, 0.25) is 0 Å². The highest BCUT2D eigenvalue weighted by Crippen LogP contribution is 2.24. The number of anilines is 1. The minimum Gasteiger partial charge on any atom is -0.351 e. The van der Waals surface area contributed by atoms with E-state index < -0.39 is 0 Å². The predicted molar refractivity (Wildman–Crippen MR) is 91.0 cm³/mol. The van der Waals surface area contributed by atoms with Gasteiger partial charge in [0.1, 0.15) is 0 Å². The van der Waals surface area contributed by atoms with Gasteiger partial charge in [0.15, 0.2) is 0 Å². The molecule has 2 atom stereocenters. The Labute approximate surface area is 134 Å². The Morgan fingerprint density at radius 3 is 3.00 bits per heavy atom. The molecule has 0 aliphatic heterocycles. The lowest BCUT2D eigenvalue weighted by Crippen LogP contribution is -2.21. The lowest BCUT2D eigenvalue weighted by Gasteiger charge is -2.12. The van der Waals surface area contributed by atoms with Gasteiger partial charge < -0.3 is 11.1 Å². The van der Waals surface area contributed by atoms with Crippen molar-refractivity contribution in [3.63, 3.8) is 0 Å². The van der Waals surface area contributed by atoms with E-state index in [2.05, 4.69) is 26.4 Å². The number of nitrogens with two attached hydrogens (primary N) is 1. The summed E-state index contributed by atoms with van der Waals surface area (Å²) >= 11 is 0. The van der Waals surface area contributed by atoms with Crippen molar-refractivity contribution < 1.29 is 0 Å². The third-order valence-electron chi connectivity index (χ3n) is 4.38. The molecular weight excluding hydrogens is 288 g/mol. The van der Waals surface area contributed by atoms with Gasteiger partial charge in [-0.15, -0.1) is 0 Å². The Balaban J connectivity index is 1.61. The van der Waals surface area contributed by atoms with Gasteiger partial charge in [0.25, 0.3) is 0 Å². The molecule has 3 aromatic rings. The quantitative estimate of drug-likeness (QED) is 0.776. The van der Waals surface area contributed by atoms with Crippen LogP contribution >= 0.6 is 0 Å². The molecular formula is C17H20N6. The van der Waals surface area contributed by atoms with Crippen LogP contribution in [0.15, 0.2) is 36.7 Å². The topological polar surface area (TPSA) is 81.7 Å². The molecule has 0 radical (unpaired) electrons. The van der Waals surface area contributed by atoms with Gasteiger partial charge >= 0.3 is 0 Å². The van der Waals surface area contributed by atoms with Crippen molar-refractivity contribution in [2.24, 2.45) is 12.8 Å². The van der Waals surface area contributed by atoms with Crippen LogP contribution in [0.3, 0.4) is 0 Å². The first-order valence-corrected chi connectivity index (χ1v) is 7.96. The molecule has 3 N–H and O–H groups in total. The number of fused-ring (bicyclic) bond motifs is 1. The third-order valence-corrected chi connectivity index (χ3v) is 4.38. The fraction of sp³-hybridized carbons (Fsp3) is 0.353. The van der Waals surface area contributed by atoms with E-state index in [0.29, 0.717) is 18.0 Å².